The lowest BCUT2D eigenvalue weighted by Crippen LogP contribution is -2.35. The minimum absolute atomic E-state index is 0.131. The van der Waals surface area contributed by atoms with Crippen LogP contribution >= 0.6 is 0 Å². The molecule has 0 atom stereocenters. The Morgan fingerprint density at radius 2 is 1.91 bits per heavy atom. The average Bonchev–Trinajstić information content (AvgIpc) is 1.83. The zero-order valence-corrected chi connectivity index (χ0v) is 8.19. The maximum absolute atomic E-state index is 11.3. The van der Waals surface area contributed by atoms with E-state index in [0.717, 1.165) is 6.42 Å². The molecule has 2 nitrogen and oxygen atoms in total. The molecule has 2 heteroatoms. The molecule has 0 aliphatic rings. The highest BCUT2D eigenvalue weighted by atomic mass is 16.2. The van der Waals surface area contributed by atoms with Gasteiger partial charge in [0.15, 0.2) is 0 Å². The number of nitrogens with one attached hydrogen (secondary N) is 1. The fourth-order valence-electron chi connectivity index (χ4n) is 1.45. The lowest BCUT2D eigenvalue weighted by Gasteiger charge is -2.24. The molecular formula is C9H19NO. The first-order valence-corrected chi connectivity index (χ1v) is 4.12. The molecule has 0 heterocycles. The van der Waals surface area contributed by atoms with E-state index in [1.165, 1.54) is 0 Å². The second-order valence-corrected chi connectivity index (χ2v) is 4.06. The first-order valence-electron chi connectivity index (χ1n) is 4.12. The summed E-state index contributed by atoms with van der Waals surface area (Å²) < 4.78 is 0. The average molecular weight is 157 g/mol. The van der Waals surface area contributed by atoms with Crippen LogP contribution in [0.5, 0.6) is 0 Å². The highest BCUT2D eigenvalue weighted by Crippen LogP contribution is 2.24. The smallest absolute Gasteiger partial charge is 0.225 e. The van der Waals surface area contributed by atoms with Crippen LogP contribution in [0.3, 0.4) is 0 Å². The normalized spacial score (nSPS) is 11.8. The molecular weight excluding hydrogens is 138 g/mol. The molecule has 66 valence electrons. The summed E-state index contributed by atoms with van der Waals surface area (Å²) in [7, 11) is 1.68. The van der Waals surface area contributed by atoms with Crippen molar-refractivity contribution in [3.63, 3.8) is 0 Å². The summed E-state index contributed by atoms with van der Waals surface area (Å²) in [4.78, 5) is 11.3. The molecule has 0 aromatic rings. The molecule has 0 fully saturated rings. The van der Waals surface area contributed by atoms with E-state index in [1.54, 1.807) is 7.05 Å². The van der Waals surface area contributed by atoms with Gasteiger partial charge in [0.2, 0.25) is 5.91 Å². The Morgan fingerprint density at radius 1 is 1.45 bits per heavy atom. The third-order valence-electron chi connectivity index (χ3n) is 1.76. The van der Waals surface area contributed by atoms with Crippen molar-refractivity contribution in [1.29, 1.82) is 0 Å². The summed E-state index contributed by atoms with van der Waals surface area (Å²) in [5.41, 5.74) is -0.219. The molecule has 11 heavy (non-hydrogen) atoms. The maximum atomic E-state index is 11.3. The van der Waals surface area contributed by atoms with Crippen LogP contribution in [0.25, 0.3) is 0 Å². The predicted octanol–water partition coefficient (Wildman–Crippen LogP) is 1.80. The van der Waals surface area contributed by atoms with E-state index in [9.17, 15) is 4.79 Å². The summed E-state index contributed by atoms with van der Waals surface area (Å²) in [6, 6.07) is 0. The Hall–Kier alpha value is -0.530. The molecule has 0 aromatic carbocycles. The molecule has 0 bridgehead atoms. The van der Waals surface area contributed by atoms with Gasteiger partial charge >= 0.3 is 0 Å². The molecule has 0 radical (unpaired) electrons. The van der Waals surface area contributed by atoms with Crippen LogP contribution < -0.4 is 5.32 Å². The van der Waals surface area contributed by atoms with Gasteiger partial charge in [0.1, 0.15) is 0 Å². The Labute approximate surface area is 69.4 Å². The molecule has 1 N–H and O–H groups in total. The maximum Gasteiger partial charge on any atom is 0.225 e. The first kappa shape index (κ1) is 10.5. The number of carbonyl (C=O) groups excluding carboxylic acids is 1. The van der Waals surface area contributed by atoms with E-state index in [1.807, 2.05) is 13.8 Å². The molecule has 0 saturated carbocycles. The third-order valence-corrected chi connectivity index (χ3v) is 1.76. The predicted molar refractivity (Wildman–Crippen MR) is 47.3 cm³/mol. The van der Waals surface area contributed by atoms with Gasteiger partial charge in [0, 0.05) is 12.5 Å². The van der Waals surface area contributed by atoms with Gasteiger partial charge in [-0.05, 0) is 12.3 Å². The fraction of sp³-hybridized carbons (Fsp3) is 0.889. The van der Waals surface area contributed by atoms with Crippen LogP contribution in [0.1, 0.15) is 34.1 Å². The molecule has 0 unspecified atom stereocenters. The second-order valence-electron chi connectivity index (χ2n) is 4.06. The largest absolute Gasteiger partial charge is 0.359 e. The van der Waals surface area contributed by atoms with Crippen molar-refractivity contribution in [3.05, 3.63) is 0 Å². The van der Waals surface area contributed by atoms with E-state index >= 15 is 0 Å². The van der Waals surface area contributed by atoms with Gasteiger partial charge in [-0.1, -0.05) is 27.7 Å². The Morgan fingerprint density at radius 3 is 2.18 bits per heavy atom. The zero-order valence-electron chi connectivity index (χ0n) is 8.19. The molecule has 0 spiro atoms. The van der Waals surface area contributed by atoms with Crippen molar-refractivity contribution in [2.24, 2.45) is 11.3 Å². The number of amides is 1. The number of carbonyl (C=O) groups is 1. The summed E-state index contributed by atoms with van der Waals surface area (Å²) >= 11 is 0. The van der Waals surface area contributed by atoms with Gasteiger partial charge in [0.05, 0.1) is 0 Å². The van der Waals surface area contributed by atoms with Crippen LogP contribution in [0, 0.1) is 11.3 Å². The molecule has 0 aromatic heterocycles. The van der Waals surface area contributed by atoms with E-state index in [2.05, 4.69) is 19.2 Å². The third kappa shape index (κ3) is 3.40. The van der Waals surface area contributed by atoms with E-state index in [4.69, 9.17) is 0 Å². The first-order chi connectivity index (χ1) is 4.90. The Bertz CT molecular complexity index is 138. The molecule has 0 aliphatic carbocycles. The minimum atomic E-state index is -0.219. The van der Waals surface area contributed by atoms with Crippen LogP contribution in [0.15, 0.2) is 0 Å². The Balaban J connectivity index is 4.09. The quantitative estimate of drug-likeness (QED) is 0.665. The number of hydrogen-bond acceptors (Lipinski definition) is 1. The summed E-state index contributed by atoms with van der Waals surface area (Å²) in [6.45, 7) is 8.22. The SMILES string of the molecule is CNC(=O)C(C)(C)CC(C)C. The van der Waals surface area contributed by atoms with Crippen molar-refractivity contribution in [2.45, 2.75) is 34.1 Å². The van der Waals surface area contributed by atoms with Crippen molar-refractivity contribution in [3.8, 4) is 0 Å². The summed E-state index contributed by atoms with van der Waals surface area (Å²) in [5.74, 6) is 0.702. The molecule has 1 amide bonds. The van der Waals surface area contributed by atoms with Crippen molar-refractivity contribution >= 4 is 5.91 Å². The van der Waals surface area contributed by atoms with Gasteiger partial charge in [-0.25, -0.2) is 0 Å². The topological polar surface area (TPSA) is 29.1 Å². The van der Waals surface area contributed by atoms with E-state index in [0.29, 0.717) is 5.92 Å². The van der Waals surface area contributed by atoms with E-state index in [-0.39, 0.29) is 11.3 Å². The van der Waals surface area contributed by atoms with Crippen LogP contribution in [0.4, 0.5) is 0 Å². The number of hydrogen-bond donors (Lipinski definition) is 1. The van der Waals surface area contributed by atoms with Gasteiger partial charge in [0.25, 0.3) is 0 Å². The van der Waals surface area contributed by atoms with Crippen molar-refractivity contribution < 1.29 is 4.79 Å². The molecule has 0 saturated heterocycles. The fourth-order valence-corrected chi connectivity index (χ4v) is 1.45. The van der Waals surface area contributed by atoms with Crippen LogP contribution in [-0.2, 0) is 4.79 Å². The lowest BCUT2D eigenvalue weighted by molar-refractivity contribution is -0.129. The van der Waals surface area contributed by atoms with Crippen molar-refractivity contribution in [1.82, 2.24) is 5.32 Å². The summed E-state index contributed by atoms with van der Waals surface area (Å²) in [6.07, 6.45) is 0.937. The zero-order chi connectivity index (χ0) is 9.07. The lowest BCUT2D eigenvalue weighted by atomic mass is 9.83. The van der Waals surface area contributed by atoms with Gasteiger partial charge < -0.3 is 5.32 Å². The van der Waals surface area contributed by atoms with Gasteiger partial charge in [-0.15, -0.1) is 0 Å². The summed E-state index contributed by atoms with van der Waals surface area (Å²) in [5, 5.41) is 2.67. The molecule has 0 aliphatic heterocycles. The van der Waals surface area contributed by atoms with Crippen LogP contribution in [-0.4, -0.2) is 13.0 Å². The highest BCUT2D eigenvalue weighted by molar-refractivity contribution is 5.81. The van der Waals surface area contributed by atoms with Crippen LogP contribution in [0.2, 0.25) is 0 Å². The van der Waals surface area contributed by atoms with Gasteiger partial charge in [-0.3, -0.25) is 4.79 Å². The Kier molecular flexibility index (Phi) is 3.56. The number of rotatable bonds is 3. The minimum Gasteiger partial charge on any atom is -0.359 e. The van der Waals surface area contributed by atoms with Crippen molar-refractivity contribution in [2.75, 3.05) is 7.05 Å². The monoisotopic (exact) mass is 157 g/mol. The highest BCUT2D eigenvalue weighted by Gasteiger charge is 2.26. The van der Waals surface area contributed by atoms with Gasteiger partial charge in [-0.2, -0.15) is 0 Å². The standard InChI is InChI=1S/C9H19NO/c1-7(2)6-9(3,4)8(11)10-5/h7H,6H2,1-5H3,(H,10,11). The second kappa shape index (κ2) is 3.74. The molecule has 0 rings (SSSR count). The van der Waals surface area contributed by atoms with E-state index < -0.39 is 0 Å².